The first kappa shape index (κ1) is 20.7. The highest BCUT2D eigenvalue weighted by Crippen LogP contribution is 2.28. The number of imidazole rings is 1. The summed E-state index contributed by atoms with van der Waals surface area (Å²) in [5.41, 5.74) is 0.141. The molecule has 0 aliphatic heterocycles. The van der Waals surface area contributed by atoms with E-state index in [2.05, 4.69) is 16.0 Å². The standard InChI is InChI=1S/C25H22N4O4/c1-15(30)14-29-23-21(24(31)27-25(29)32)28(2)22(26-23)17-8-10-19(11-9-17)33-20-12-7-16-5-3-4-6-18(16)13-20/h3-13,15,30H,14H2,1-2H3,(H,27,31,32). The third kappa shape index (κ3) is 3.81. The van der Waals surface area contributed by atoms with Crippen LogP contribution in [0, 0.1) is 0 Å². The summed E-state index contributed by atoms with van der Waals surface area (Å²) < 4.78 is 8.93. The maximum atomic E-state index is 12.4. The minimum absolute atomic E-state index is 0.0289. The zero-order valence-electron chi connectivity index (χ0n) is 18.1. The summed E-state index contributed by atoms with van der Waals surface area (Å²) in [7, 11) is 1.72. The molecule has 0 aliphatic carbocycles. The molecule has 2 heterocycles. The van der Waals surface area contributed by atoms with Gasteiger partial charge in [0, 0.05) is 12.6 Å². The van der Waals surface area contributed by atoms with Gasteiger partial charge in [0.15, 0.2) is 11.2 Å². The summed E-state index contributed by atoms with van der Waals surface area (Å²) in [4.78, 5) is 31.6. The molecule has 0 saturated heterocycles. The van der Waals surface area contributed by atoms with Crippen molar-refractivity contribution in [3.8, 4) is 22.9 Å². The van der Waals surface area contributed by atoms with Crippen LogP contribution in [0.3, 0.4) is 0 Å². The van der Waals surface area contributed by atoms with E-state index in [4.69, 9.17) is 4.74 Å². The third-order valence-corrected chi connectivity index (χ3v) is 5.53. The second-order valence-electron chi connectivity index (χ2n) is 8.02. The number of benzene rings is 3. The fourth-order valence-electron chi connectivity index (χ4n) is 3.98. The van der Waals surface area contributed by atoms with Gasteiger partial charge in [0.2, 0.25) is 0 Å². The number of rotatable bonds is 5. The van der Waals surface area contributed by atoms with Crippen LogP contribution in [0.1, 0.15) is 6.92 Å². The molecule has 0 saturated carbocycles. The van der Waals surface area contributed by atoms with E-state index in [1.807, 2.05) is 60.7 Å². The van der Waals surface area contributed by atoms with E-state index in [-0.39, 0.29) is 17.7 Å². The minimum Gasteiger partial charge on any atom is -0.457 e. The number of nitrogens with one attached hydrogen (secondary N) is 1. The average molecular weight is 442 g/mol. The van der Waals surface area contributed by atoms with E-state index in [0.29, 0.717) is 11.6 Å². The molecule has 0 spiro atoms. The lowest BCUT2D eigenvalue weighted by Crippen LogP contribution is -2.33. The van der Waals surface area contributed by atoms with Gasteiger partial charge in [-0.2, -0.15) is 0 Å². The van der Waals surface area contributed by atoms with Gasteiger partial charge in [-0.15, -0.1) is 0 Å². The Morgan fingerprint density at radius 1 is 1.00 bits per heavy atom. The Kier molecular flexibility index (Phi) is 5.07. The highest BCUT2D eigenvalue weighted by Gasteiger charge is 2.18. The van der Waals surface area contributed by atoms with E-state index in [0.717, 1.165) is 22.1 Å². The first-order chi connectivity index (χ1) is 15.9. The molecule has 2 N–H and O–H groups in total. The van der Waals surface area contributed by atoms with Crippen LogP contribution in [0.4, 0.5) is 0 Å². The van der Waals surface area contributed by atoms with Crippen molar-refractivity contribution in [3.63, 3.8) is 0 Å². The monoisotopic (exact) mass is 442 g/mol. The van der Waals surface area contributed by atoms with Crippen LogP contribution in [-0.2, 0) is 13.6 Å². The molecule has 0 fully saturated rings. The normalized spacial score (nSPS) is 12.3. The van der Waals surface area contributed by atoms with E-state index in [1.54, 1.807) is 18.5 Å². The van der Waals surface area contributed by atoms with Crippen molar-refractivity contribution in [1.29, 1.82) is 0 Å². The molecule has 5 rings (SSSR count). The van der Waals surface area contributed by atoms with Gasteiger partial charge in [0.1, 0.15) is 17.3 Å². The predicted octanol–water partition coefficient (Wildman–Crippen LogP) is 3.42. The number of hydrogen-bond donors (Lipinski definition) is 2. The number of nitrogens with zero attached hydrogens (tertiary/aromatic N) is 3. The van der Waals surface area contributed by atoms with Crippen LogP contribution in [0.25, 0.3) is 33.3 Å². The predicted molar refractivity (Wildman–Crippen MR) is 127 cm³/mol. The summed E-state index contributed by atoms with van der Waals surface area (Å²) in [6.07, 6.45) is -0.770. The van der Waals surface area contributed by atoms with Crippen LogP contribution in [0.15, 0.2) is 76.3 Å². The molecule has 0 aliphatic rings. The number of aliphatic hydroxyl groups excluding tert-OH is 1. The third-order valence-electron chi connectivity index (χ3n) is 5.53. The topological polar surface area (TPSA) is 102 Å². The number of fused-ring (bicyclic) bond motifs is 2. The summed E-state index contributed by atoms with van der Waals surface area (Å²) >= 11 is 0. The molecule has 2 aromatic heterocycles. The van der Waals surface area contributed by atoms with Gasteiger partial charge in [-0.25, -0.2) is 9.78 Å². The summed E-state index contributed by atoms with van der Waals surface area (Å²) in [6.45, 7) is 1.60. The largest absolute Gasteiger partial charge is 0.457 e. The molecular weight excluding hydrogens is 420 g/mol. The van der Waals surface area contributed by atoms with Crippen molar-refractivity contribution >= 4 is 21.9 Å². The molecule has 0 amide bonds. The molecule has 0 bridgehead atoms. The Labute approximate surface area is 188 Å². The van der Waals surface area contributed by atoms with E-state index >= 15 is 0 Å². The van der Waals surface area contributed by atoms with Crippen LogP contribution in [0.2, 0.25) is 0 Å². The molecule has 3 aromatic carbocycles. The molecule has 1 unspecified atom stereocenters. The van der Waals surface area contributed by atoms with Gasteiger partial charge in [0.25, 0.3) is 5.56 Å². The lowest BCUT2D eigenvalue weighted by Gasteiger charge is -2.08. The highest BCUT2D eigenvalue weighted by atomic mass is 16.5. The van der Waals surface area contributed by atoms with Crippen molar-refractivity contribution in [3.05, 3.63) is 87.6 Å². The lowest BCUT2D eigenvalue weighted by molar-refractivity contribution is 0.173. The zero-order valence-corrected chi connectivity index (χ0v) is 18.1. The van der Waals surface area contributed by atoms with Gasteiger partial charge in [-0.1, -0.05) is 30.3 Å². The Hall–Kier alpha value is -4.17. The number of aliphatic hydroxyl groups is 1. The van der Waals surface area contributed by atoms with Gasteiger partial charge in [-0.3, -0.25) is 14.3 Å². The fraction of sp³-hybridized carbons (Fsp3) is 0.160. The number of hydrogen-bond acceptors (Lipinski definition) is 5. The maximum absolute atomic E-state index is 12.4. The fourth-order valence-corrected chi connectivity index (χ4v) is 3.98. The lowest BCUT2D eigenvalue weighted by atomic mass is 10.1. The van der Waals surface area contributed by atoms with Crippen molar-refractivity contribution in [2.75, 3.05) is 0 Å². The van der Waals surface area contributed by atoms with Crippen LogP contribution < -0.4 is 16.0 Å². The second-order valence-corrected chi connectivity index (χ2v) is 8.02. The maximum Gasteiger partial charge on any atom is 0.330 e. The van der Waals surface area contributed by atoms with E-state index < -0.39 is 17.4 Å². The molecule has 1 atom stereocenters. The minimum atomic E-state index is -0.770. The highest BCUT2D eigenvalue weighted by molar-refractivity contribution is 5.83. The molecule has 8 heteroatoms. The van der Waals surface area contributed by atoms with Crippen LogP contribution in [-0.4, -0.2) is 30.3 Å². The van der Waals surface area contributed by atoms with Crippen LogP contribution >= 0.6 is 0 Å². The molecule has 33 heavy (non-hydrogen) atoms. The summed E-state index contributed by atoms with van der Waals surface area (Å²) in [5, 5.41) is 12.0. The number of aromatic nitrogens is 4. The van der Waals surface area contributed by atoms with E-state index in [1.165, 1.54) is 4.57 Å². The molecule has 0 radical (unpaired) electrons. The van der Waals surface area contributed by atoms with Crippen molar-refractivity contribution in [2.45, 2.75) is 19.6 Å². The number of H-pyrrole nitrogens is 1. The molecule has 166 valence electrons. The summed E-state index contributed by atoms with van der Waals surface area (Å²) in [6, 6.07) is 21.4. The molecule has 5 aromatic rings. The van der Waals surface area contributed by atoms with Gasteiger partial charge in [0.05, 0.1) is 12.6 Å². The van der Waals surface area contributed by atoms with Gasteiger partial charge >= 0.3 is 5.69 Å². The molecule has 8 nitrogen and oxygen atoms in total. The Balaban J connectivity index is 1.50. The Bertz CT molecular complexity index is 1590. The van der Waals surface area contributed by atoms with E-state index in [9.17, 15) is 14.7 Å². The first-order valence-corrected chi connectivity index (χ1v) is 10.6. The SMILES string of the molecule is CC(O)Cn1c(=O)[nH]c(=O)c2c1nc(-c1ccc(Oc3ccc4ccccc4c3)cc1)n2C. The number of aryl methyl sites for hydroxylation is 1. The Morgan fingerprint density at radius 2 is 1.70 bits per heavy atom. The van der Waals surface area contributed by atoms with Crippen LogP contribution in [0.5, 0.6) is 11.5 Å². The average Bonchev–Trinajstić information content (AvgIpc) is 3.14. The van der Waals surface area contributed by atoms with Crippen molar-refractivity contribution in [1.82, 2.24) is 19.1 Å². The Morgan fingerprint density at radius 3 is 2.42 bits per heavy atom. The zero-order chi connectivity index (χ0) is 23.1. The van der Waals surface area contributed by atoms with Gasteiger partial charge < -0.3 is 14.4 Å². The van der Waals surface area contributed by atoms with Crippen molar-refractivity contribution in [2.24, 2.45) is 7.05 Å². The molecular formula is C25H22N4O4. The summed E-state index contributed by atoms with van der Waals surface area (Å²) in [5.74, 6) is 1.92. The smallest absolute Gasteiger partial charge is 0.330 e. The quantitative estimate of drug-likeness (QED) is 0.434. The second kappa shape index (κ2) is 8.07. The van der Waals surface area contributed by atoms with Crippen molar-refractivity contribution < 1.29 is 9.84 Å². The number of aromatic amines is 1. The van der Waals surface area contributed by atoms with Gasteiger partial charge in [-0.05, 0) is 54.1 Å². The number of ether oxygens (including phenoxy) is 1. The first-order valence-electron chi connectivity index (χ1n) is 10.6.